The van der Waals surface area contributed by atoms with Gasteiger partial charge < -0.3 is 14.8 Å². The second-order valence-corrected chi connectivity index (χ2v) is 10.6. The van der Waals surface area contributed by atoms with Crippen LogP contribution in [0.5, 0.6) is 11.5 Å². The van der Waals surface area contributed by atoms with Crippen molar-refractivity contribution in [2.75, 3.05) is 22.6 Å². The van der Waals surface area contributed by atoms with Crippen molar-refractivity contribution in [1.82, 2.24) is 14.8 Å². The van der Waals surface area contributed by atoms with Crippen molar-refractivity contribution in [2.24, 2.45) is 4.99 Å². The van der Waals surface area contributed by atoms with Crippen LogP contribution in [0.15, 0.2) is 78.0 Å². The highest BCUT2D eigenvalue weighted by Crippen LogP contribution is 2.36. The van der Waals surface area contributed by atoms with Crippen LogP contribution in [0.4, 0.5) is 42.5 Å². The number of urea groups is 1. The molecule has 4 aromatic rings. The number of alkyl halides is 6. The van der Waals surface area contributed by atoms with Crippen LogP contribution < -0.4 is 19.7 Å². The fourth-order valence-corrected chi connectivity index (χ4v) is 5.00. The van der Waals surface area contributed by atoms with E-state index in [0.717, 1.165) is 28.8 Å². The van der Waals surface area contributed by atoms with Crippen LogP contribution in [0.25, 0.3) is 17.1 Å². The summed E-state index contributed by atoms with van der Waals surface area (Å²) in [5, 5.41) is 6.95. The van der Waals surface area contributed by atoms with Gasteiger partial charge in [-0.3, -0.25) is 9.69 Å². The molecule has 0 atom stereocenters. The number of carbonyl (C=O) groups excluding carboxylic acids is 2. The van der Waals surface area contributed by atoms with Gasteiger partial charge in [0.25, 0.3) is 0 Å². The molecule has 2 heterocycles. The number of thioether (sulfide) groups is 1. The van der Waals surface area contributed by atoms with Crippen LogP contribution in [0, 0.1) is 6.92 Å². The molecule has 0 bridgehead atoms. The number of nitrogens with zero attached hydrogens (tertiary/aromatic N) is 5. The first-order chi connectivity index (χ1) is 21.7. The highest BCUT2D eigenvalue weighted by atomic mass is 32.2. The minimum Gasteiger partial charge on any atom is -0.491 e. The van der Waals surface area contributed by atoms with Crippen LogP contribution >= 0.6 is 11.8 Å². The van der Waals surface area contributed by atoms with E-state index in [-0.39, 0.29) is 33.9 Å². The Bertz CT molecular complexity index is 1760. The third-order valence-electron chi connectivity index (χ3n) is 6.18. The SMILES string of the molecule is Cc1ccc(OCCC(F)(F)F)c(N2C(=O)CS/C2=N\C(=O)Nc2ccc(-n3cnc(-c4ccc(OC(F)(F)F)cc4)n3)cc2)c1. The minimum absolute atomic E-state index is 0.0264. The third kappa shape index (κ3) is 8.35. The standard InChI is InChI=1S/C29H22F6N6O4S/c1-17-2-11-23(44-13-12-28(30,31)32)22(14-17)41-24(42)15-46-27(41)38-26(43)37-19-5-7-20(8-6-19)40-16-36-25(39-40)18-3-9-21(10-4-18)45-29(33,34)35/h2-11,14,16H,12-13,15H2,1H3,(H,37,43)/b38-27-. The van der Waals surface area contributed by atoms with Crippen LogP contribution in [-0.4, -0.2) is 56.8 Å². The maximum atomic E-state index is 12.8. The molecule has 0 saturated carbocycles. The van der Waals surface area contributed by atoms with Gasteiger partial charge in [-0.15, -0.1) is 18.3 Å². The second kappa shape index (κ2) is 13.1. The van der Waals surface area contributed by atoms with Gasteiger partial charge >= 0.3 is 18.6 Å². The van der Waals surface area contributed by atoms with Gasteiger partial charge in [0.1, 0.15) is 17.8 Å². The number of hydrogen-bond acceptors (Lipinski definition) is 7. The number of aryl methyl sites for hydroxylation is 1. The Kier molecular flexibility index (Phi) is 9.22. The highest BCUT2D eigenvalue weighted by Gasteiger charge is 2.34. The van der Waals surface area contributed by atoms with Gasteiger partial charge in [0, 0.05) is 11.3 Å². The van der Waals surface area contributed by atoms with E-state index in [2.05, 4.69) is 25.1 Å². The molecule has 0 unspecified atom stereocenters. The van der Waals surface area contributed by atoms with Crippen molar-refractivity contribution in [3.8, 4) is 28.6 Å². The second-order valence-electron chi connectivity index (χ2n) is 9.66. The van der Waals surface area contributed by atoms with Gasteiger partial charge in [-0.2, -0.15) is 18.2 Å². The lowest BCUT2D eigenvalue weighted by Gasteiger charge is -2.20. The molecule has 0 spiro atoms. The maximum Gasteiger partial charge on any atom is 0.573 e. The van der Waals surface area contributed by atoms with Crippen LogP contribution in [-0.2, 0) is 4.79 Å². The summed E-state index contributed by atoms with van der Waals surface area (Å²) >= 11 is 0.993. The Morgan fingerprint density at radius 3 is 2.41 bits per heavy atom. The van der Waals surface area contributed by atoms with Gasteiger partial charge in [0.05, 0.1) is 30.2 Å². The molecule has 1 aliphatic rings. The van der Waals surface area contributed by atoms with E-state index in [9.17, 15) is 35.9 Å². The molecule has 1 aliphatic heterocycles. The number of anilines is 2. The number of nitrogens with one attached hydrogen (secondary N) is 1. The Morgan fingerprint density at radius 1 is 1.02 bits per heavy atom. The van der Waals surface area contributed by atoms with Crippen LogP contribution in [0.2, 0.25) is 0 Å². The van der Waals surface area contributed by atoms with E-state index in [4.69, 9.17) is 4.74 Å². The summed E-state index contributed by atoms with van der Waals surface area (Å²) in [4.78, 5) is 34.9. The molecule has 0 aliphatic carbocycles. The Labute approximate surface area is 261 Å². The molecule has 0 radical (unpaired) electrons. The van der Waals surface area contributed by atoms with E-state index in [1.807, 2.05) is 0 Å². The predicted octanol–water partition coefficient (Wildman–Crippen LogP) is 7.14. The first-order valence-electron chi connectivity index (χ1n) is 13.3. The predicted molar refractivity (Wildman–Crippen MR) is 157 cm³/mol. The summed E-state index contributed by atoms with van der Waals surface area (Å²) in [6.07, 6.45) is -9.00. The van der Waals surface area contributed by atoms with Crippen molar-refractivity contribution >= 4 is 40.2 Å². The summed E-state index contributed by atoms with van der Waals surface area (Å²) in [5.41, 5.74) is 2.25. The number of benzene rings is 3. The van der Waals surface area contributed by atoms with Gasteiger partial charge in [-0.25, -0.2) is 14.5 Å². The number of hydrogen-bond donors (Lipinski definition) is 1. The number of rotatable bonds is 8. The maximum absolute atomic E-state index is 12.8. The first kappa shape index (κ1) is 32.3. The van der Waals surface area contributed by atoms with Gasteiger partial charge in [-0.05, 0) is 73.2 Å². The zero-order valence-electron chi connectivity index (χ0n) is 23.6. The normalized spacial score (nSPS) is 14.5. The topological polar surface area (TPSA) is 111 Å². The Balaban J connectivity index is 1.26. The lowest BCUT2D eigenvalue weighted by molar-refractivity contribution is -0.274. The molecule has 46 heavy (non-hydrogen) atoms. The first-order valence-corrected chi connectivity index (χ1v) is 14.3. The number of carbonyl (C=O) groups is 2. The summed E-state index contributed by atoms with van der Waals surface area (Å²) in [6.45, 7) is 1.08. The van der Waals surface area contributed by atoms with Crippen molar-refractivity contribution in [3.05, 3.63) is 78.6 Å². The molecule has 240 valence electrons. The van der Waals surface area contributed by atoms with E-state index in [1.54, 1.807) is 43.3 Å². The quantitative estimate of drug-likeness (QED) is 0.199. The van der Waals surface area contributed by atoms with Crippen molar-refractivity contribution in [2.45, 2.75) is 25.9 Å². The number of aliphatic imine (C=N–C) groups is 1. The summed E-state index contributed by atoms with van der Waals surface area (Å²) < 4.78 is 85.8. The third-order valence-corrected chi connectivity index (χ3v) is 7.11. The molecule has 1 aromatic heterocycles. The molecular weight excluding hydrogens is 642 g/mol. The van der Waals surface area contributed by atoms with Crippen LogP contribution in [0.3, 0.4) is 0 Å². The molecule has 1 N–H and O–H groups in total. The average molecular weight is 665 g/mol. The molecule has 3 amide bonds. The zero-order valence-corrected chi connectivity index (χ0v) is 24.4. The van der Waals surface area contributed by atoms with Crippen molar-refractivity contribution in [1.29, 1.82) is 0 Å². The van der Waals surface area contributed by atoms with E-state index in [0.29, 0.717) is 22.5 Å². The van der Waals surface area contributed by atoms with Gasteiger partial charge in [0.15, 0.2) is 11.0 Å². The summed E-state index contributed by atoms with van der Waals surface area (Å²) in [7, 11) is 0. The Morgan fingerprint density at radius 2 is 1.74 bits per heavy atom. The average Bonchev–Trinajstić information content (AvgIpc) is 3.60. The Hall–Kier alpha value is -5.06. The molecular formula is C29H22F6N6O4S. The molecule has 1 fully saturated rings. The number of aromatic nitrogens is 3. The van der Waals surface area contributed by atoms with Crippen molar-refractivity contribution in [3.63, 3.8) is 0 Å². The monoisotopic (exact) mass is 664 g/mol. The number of ether oxygens (including phenoxy) is 2. The van der Waals surface area contributed by atoms with E-state index < -0.39 is 37.5 Å². The number of halogens is 6. The molecule has 5 rings (SSSR count). The van der Waals surface area contributed by atoms with Crippen molar-refractivity contribution < 1.29 is 45.4 Å². The molecule has 3 aromatic carbocycles. The van der Waals surface area contributed by atoms with Crippen LogP contribution in [0.1, 0.15) is 12.0 Å². The zero-order chi connectivity index (χ0) is 33.1. The van der Waals surface area contributed by atoms with Gasteiger partial charge in [0.2, 0.25) is 5.91 Å². The van der Waals surface area contributed by atoms with Gasteiger partial charge in [-0.1, -0.05) is 17.8 Å². The lowest BCUT2D eigenvalue weighted by atomic mass is 10.2. The number of amides is 3. The van der Waals surface area contributed by atoms with E-state index in [1.165, 1.54) is 29.2 Å². The fourth-order valence-electron chi connectivity index (χ4n) is 4.14. The molecule has 10 nitrogen and oxygen atoms in total. The summed E-state index contributed by atoms with van der Waals surface area (Å²) in [5.74, 6) is -0.550. The largest absolute Gasteiger partial charge is 0.573 e. The van der Waals surface area contributed by atoms with E-state index >= 15 is 0 Å². The molecule has 17 heteroatoms. The fraction of sp³-hybridized carbons (Fsp3) is 0.207. The smallest absolute Gasteiger partial charge is 0.491 e. The molecule has 1 saturated heterocycles. The highest BCUT2D eigenvalue weighted by molar-refractivity contribution is 8.15. The number of amidine groups is 1. The lowest BCUT2D eigenvalue weighted by Crippen LogP contribution is -2.31. The summed E-state index contributed by atoms with van der Waals surface area (Å²) in [6, 6.07) is 15.3. The minimum atomic E-state index is -4.81.